The molecule has 0 aromatic carbocycles. The summed E-state index contributed by atoms with van der Waals surface area (Å²) in [5.74, 6) is 0.0472. The summed E-state index contributed by atoms with van der Waals surface area (Å²) >= 11 is 0. The van der Waals surface area contributed by atoms with Crippen molar-refractivity contribution in [2.45, 2.75) is 25.2 Å². The lowest BCUT2D eigenvalue weighted by Gasteiger charge is -2.13. The highest BCUT2D eigenvalue weighted by atomic mass is 16.5. The smallest absolute Gasteiger partial charge is 0.280 e. The Balaban J connectivity index is 0.000000704. The molecule has 3 rings (SSSR count). The van der Waals surface area contributed by atoms with Crippen molar-refractivity contribution in [1.29, 1.82) is 0 Å². The van der Waals surface area contributed by atoms with Crippen LogP contribution in [-0.4, -0.2) is 37.3 Å². The molecule has 0 amide bonds. The third-order valence-corrected chi connectivity index (χ3v) is 3.05. The van der Waals surface area contributed by atoms with Gasteiger partial charge in [0, 0.05) is 0 Å². The molecule has 0 aliphatic carbocycles. The van der Waals surface area contributed by atoms with Crippen LogP contribution in [0.2, 0.25) is 0 Å². The molecule has 1 aliphatic rings. The molecule has 1 fully saturated rings. The summed E-state index contributed by atoms with van der Waals surface area (Å²) in [6.07, 6.45) is 10.6. The summed E-state index contributed by atoms with van der Waals surface area (Å²) in [4.78, 5) is 22.1. The van der Waals surface area contributed by atoms with Crippen LogP contribution < -0.4 is 11.3 Å². The third-order valence-electron chi connectivity index (χ3n) is 3.05. The summed E-state index contributed by atoms with van der Waals surface area (Å²) < 4.78 is 7.30. The number of aliphatic hydroxyl groups is 1. The zero-order valence-corrected chi connectivity index (χ0v) is 10.7. The molecule has 0 radical (unpaired) electrons. The van der Waals surface area contributed by atoms with Crippen molar-refractivity contribution < 1.29 is 9.84 Å². The molecule has 1 saturated heterocycles. The maximum Gasteiger partial charge on any atom is 0.280 e. The van der Waals surface area contributed by atoms with Crippen molar-refractivity contribution in [1.82, 2.24) is 19.5 Å². The van der Waals surface area contributed by atoms with E-state index in [9.17, 15) is 4.79 Å². The van der Waals surface area contributed by atoms with Gasteiger partial charge in [-0.05, 0) is 12.8 Å². The number of nitrogen functional groups attached to an aromatic ring is 1. The molecular formula is C12H15N5O3. The molecule has 8 nitrogen and oxygen atoms in total. The monoisotopic (exact) mass is 277 g/mol. The van der Waals surface area contributed by atoms with Crippen LogP contribution in [0, 0.1) is 12.8 Å². The SMILES string of the molecule is C#C.Nc1nc2c(ncn2C2CCC(CO)O2)c(=O)[nH]1. The van der Waals surface area contributed by atoms with Gasteiger partial charge in [0.1, 0.15) is 6.23 Å². The number of nitrogens with two attached hydrogens (primary N) is 1. The van der Waals surface area contributed by atoms with E-state index in [0.717, 1.165) is 12.8 Å². The zero-order chi connectivity index (χ0) is 14.7. The number of aromatic amines is 1. The molecule has 2 aromatic rings. The van der Waals surface area contributed by atoms with Gasteiger partial charge in [0.25, 0.3) is 5.56 Å². The number of imidazole rings is 1. The lowest BCUT2D eigenvalue weighted by Crippen LogP contribution is -2.16. The van der Waals surface area contributed by atoms with Gasteiger partial charge in [0.05, 0.1) is 19.0 Å². The Morgan fingerprint density at radius 2 is 2.30 bits per heavy atom. The highest BCUT2D eigenvalue weighted by Gasteiger charge is 2.27. The topological polar surface area (TPSA) is 119 Å². The minimum absolute atomic E-state index is 0.0146. The number of rotatable bonds is 2. The van der Waals surface area contributed by atoms with Gasteiger partial charge in [-0.1, -0.05) is 0 Å². The minimum Gasteiger partial charge on any atom is -0.394 e. The maximum atomic E-state index is 11.6. The van der Waals surface area contributed by atoms with E-state index in [0.29, 0.717) is 5.65 Å². The van der Waals surface area contributed by atoms with E-state index in [1.54, 1.807) is 4.57 Å². The average molecular weight is 277 g/mol. The Kier molecular flexibility index (Phi) is 4.02. The molecule has 4 N–H and O–H groups in total. The number of hydrogen-bond donors (Lipinski definition) is 3. The molecule has 106 valence electrons. The molecule has 0 saturated carbocycles. The summed E-state index contributed by atoms with van der Waals surface area (Å²) in [6.45, 7) is -0.0146. The first-order valence-corrected chi connectivity index (χ1v) is 6.01. The predicted octanol–water partition coefficient (Wildman–Crippen LogP) is -0.379. The van der Waals surface area contributed by atoms with Crippen LogP contribution in [0.5, 0.6) is 0 Å². The standard InChI is InChI=1S/C10H13N5O3.C2H2/c11-10-13-8-7(9(17)14-10)12-4-15(8)6-2-1-5(3-16)18-6;1-2/h4-6,16H,1-3H2,(H3,11,13,14,17);1-2H. The normalized spacial score (nSPS) is 21.6. The molecule has 0 bridgehead atoms. The number of terminal acetylenes is 1. The Morgan fingerprint density at radius 3 is 2.95 bits per heavy atom. The molecule has 2 aromatic heterocycles. The zero-order valence-electron chi connectivity index (χ0n) is 10.7. The van der Waals surface area contributed by atoms with E-state index in [-0.39, 0.29) is 36.0 Å². The van der Waals surface area contributed by atoms with Crippen LogP contribution in [0.4, 0.5) is 5.95 Å². The van der Waals surface area contributed by atoms with Gasteiger partial charge in [-0.3, -0.25) is 14.3 Å². The van der Waals surface area contributed by atoms with Crippen LogP contribution in [0.25, 0.3) is 11.2 Å². The first kappa shape index (κ1) is 14.0. The van der Waals surface area contributed by atoms with Gasteiger partial charge in [-0.2, -0.15) is 4.98 Å². The van der Waals surface area contributed by atoms with E-state index >= 15 is 0 Å². The van der Waals surface area contributed by atoms with Crippen LogP contribution in [-0.2, 0) is 4.74 Å². The second kappa shape index (κ2) is 5.73. The maximum absolute atomic E-state index is 11.6. The Labute approximate surface area is 114 Å². The summed E-state index contributed by atoms with van der Waals surface area (Å²) in [6, 6.07) is 0. The number of fused-ring (bicyclic) bond motifs is 1. The molecule has 0 spiro atoms. The number of aliphatic hydroxyl groups excluding tert-OH is 1. The highest BCUT2D eigenvalue weighted by molar-refractivity contribution is 5.70. The van der Waals surface area contributed by atoms with Crippen molar-refractivity contribution in [3.05, 3.63) is 16.7 Å². The number of H-pyrrole nitrogens is 1. The number of ether oxygens (including phenoxy) is 1. The summed E-state index contributed by atoms with van der Waals surface area (Å²) in [5.41, 5.74) is 5.79. The quantitative estimate of drug-likeness (QED) is 0.644. The minimum atomic E-state index is -0.368. The van der Waals surface area contributed by atoms with Gasteiger partial charge < -0.3 is 15.6 Å². The molecule has 8 heteroatoms. The Bertz CT molecular complexity index is 675. The average Bonchev–Trinajstić information content (AvgIpc) is 3.06. The first-order chi connectivity index (χ1) is 9.69. The molecular weight excluding hydrogens is 262 g/mol. The van der Waals surface area contributed by atoms with E-state index in [4.69, 9.17) is 15.6 Å². The van der Waals surface area contributed by atoms with E-state index in [1.807, 2.05) is 0 Å². The van der Waals surface area contributed by atoms with Crippen molar-refractivity contribution in [3.63, 3.8) is 0 Å². The van der Waals surface area contributed by atoms with Crippen LogP contribution in [0.3, 0.4) is 0 Å². The van der Waals surface area contributed by atoms with Gasteiger partial charge in [-0.25, -0.2) is 4.98 Å². The van der Waals surface area contributed by atoms with E-state index in [1.165, 1.54) is 6.33 Å². The van der Waals surface area contributed by atoms with Gasteiger partial charge in [0.2, 0.25) is 5.95 Å². The van der Waals surface area contributed by atoms with Crippen molar-refractivity contribution >= 4 is 17.1 Å². The van der Waals surface area contributed by atoms with Crippen LogP contribution >= 0.6 is 0 Å². The van der Waals surface area contributed by atoms with Crippen LogP contribution in [0.15, 0.2) is 11.1 Å². The number of aromatic nitrogens is 4. The first-order valence-electron chi connectivity index (χ1n) is 6.01. The highest BCUT2D eigenvalue weighted by Crippen LogP contribution is 2.29. The van der Waals surface area contributed by atoms with Crippen LogP contribution in [0.1, 0.15) is 19.1 Å². The lowest BCUT2D eigenvalue weighted by molar-refractivity contribution is -0.0207. The van der Waals surface area contributed by atoms with Gasteiger partial charge in [-0.15, -0.1) is 12.8 Å². The molecule has 1 aliphatic heterocycles. The number of anilines is 1. The third kappa shape index (κ3) is 2.36. The summed E-state index contributed by atoms with van der Waals surface area (Å²) in [7, 11) is 0. The fourth-order valence-corrected chi connectivity index (χ4v) is 2.18. The number of nitrogens with one attached hydrogen (secondary N) is 1. The number of nitrogens with zero attached hydrogens (tertiary/aromatic N) is 3. The van der Waals surface area contributed by atoms with Crippen molar-refractivity contribution in [2.75, 3.05) is 12.3 Å². The van der Waals surface area contributed by atoms with E-state index in [2.05, 4.69) is 27.8 Å². The summed E-state index contributed by atoms with van der Waals surface area (Å²) in [5, 5.41) is 9.04. The van der Waals surface area contributed by atoms with E-state index < -0.39 is 0 Å². The fraction of sp³-hybridized carbons (Fsp3) is 0.417. The molecule has 3 heterocycles. The molecule has 2 atom stereocenters. The van der Waals surface area contributed by atoms with Gasteiger partial charge >= 0.3 is 0 Å². The molecule has 2 unspecified atom stereocenters. The van der Waals surface area contributed by atoms with Crippen molar-refractivity contribution in [3.8, 4) is 12.8 Å². The second-order valence-electron chi connectivity index (χ2n) is 4.25. The largest absolute Gasteiger partial charge is 0.394 e. The fourth-order valence-electron chi connectivity index (χ4n) is 2.18. The Morgan fingerprint density at radius 1 is 1.55 bits per heavy atom. The Hall–Kier alpha value is -2.37. The second-order valence-corrected chi connectivity index (χ2v) is 4.25. The lowest BCUT2D eigenvalue weighted by atomic mass is 10.2. The van der Waals surface area contributed by atoms with Crippen molar-refractivity contribution in [2.24, 2.45) is 0 Å². The molecule has 20 heavy (non-hydrogen) atoms. The van der Waals surface area contributed by atoms with Gasteiger partial charge in [0.15, 0.2) is 11.2 Å². The number of hydrogen-bond acceptors (Lipinski definition) is 6. The predicted molar refractivity (Wildman–Crippen MR) is 72.7 cm³/mol.